The van der Waals surface area contributed by atoms with Crippen LogP contribution in [0.3, 0.4) is 0 Å². The summed E-state index contributed by atoms with van der Waals surface area (Å²) in [7, 11) is 0. The molecule has 5 N–H and O–H groups in total. The van der Waals surface area contributed by atoms with Crippen molar-refractivity contribution in [3.63, 3.8) is 0 Å². The smallest absolute Gasteiger partial charge is 0.319 e. The van der Waals surface area contributed by atoms with E-state index in [1.165, 1.54) is 0 Å². The topological polar surface area (TPSA) is 96.2 Å². The molecule has 1 fully saturated rings. The molecule has 1 aromatic carbocycles. The predicted molar refractivity (Wildman–Crippen MR) is 81.8 cm³/mol. The van der Waals surface area contributed by atoms with E-state index in [2.05, 4.69) is 16.0 Å². The number of nitrogens with two attached hydrogens (primary N) is 1. The molecule has 0 bridgehead atoms. The summed E-state index contributed by atoms with van der Waals surface area (Å²) in [4.78, 5) is 23.1. The maximum atomic E-state index is 11.7. The second kappa shape index (κ2) is 7.08. The molecule has 1 aliphatic carbocycles. The van der Waals surface area contributed by atoms with Crippen molar-refractivity contribution in [1.29, 1.82) is 0 Å². The van der Waals surface area contributed by atoms with Gasteiger partial charge in [-0.05, 0) is 37.5 Å². The second-order valence-electron chi connectivity index (χ2n) is 5.36. The number of hydrogen-bond acceptors (Lipinski definition) is 3. The largest absolute Gasteiger partial charge is 0.354 e. The van der Waals surface area contributed by atoms with Gasteiger partial charge >= 0.3 is 6.03 Å². The van der Waals surface area contributed by atoms with E-state index >= 15 is 0 Å². The molecule has 21 heavy (non-hydrogen) atoms. The number of hydrogen-bond donors (Lipinski definition) is 4. The minimum absolute atomic E-state index is 0.0764. The molecule has 1 atom stereocenters. The lowest BCUT2D eigenvalue weighted by molar-refractivity contribution is -0.122. The number of rotatable bonds is 6. The number of anilines is 1. The molecule has 0 radical (unpaired) electrons. The van der Waals surface area contributed by atoms with E-state index in [4.69, 9.17) is 5.73 Å². The third-order valence-electron chi connectivity index (χ3n) is 3.33. The number of benzene rings is 1. The standard InChI is InChI=1S/C15H22N4O2/c1-10(16)12-3-2-4-13(9-12)19-15(21)18-8-7-17-14(20)11-5-6-11/h2-4,9-11H,5-8,16H2,1H3,(H,17,20)(H2,18,19,21). The van der Waals surface area contributed by atoms with Crippen molar-refractivity contribution in [3.05, 3.63) is 29.8 Å². The van der Waals surface area contributed by atoms with Gasteiger partial charge in [0.1, 0.15) is 0 Å². The Balaban J connectivity index is 1.68. The van der Waals surface area contributed by atoms with Gasteiger partial charge in [0, 0.05) is 30.7 Å². The molecule has 6 nitrogen and oxygen atoms in total. The number of carbonyl (C=O) groups excluding carboxylic acids is 2. The summed E-state index contributed by atoms with van der Waals surface area (Å²) >= 11 is 0. The minimum Gasteiger partial charge on any atom is -0.354 e. The maximum Gasteiger partial charge on any atom is 0.319 e. The third kappa shape index (κ3) is 5.07. The minimum atomic E-state index is -0.294. The first-order valence-electron chi connectivity index (χ1n) is 7.24. The molecule has 6 heteroatoms. The van der Waals surface area contributed by atoms with Crippen molar-refractivity contribution >= 4 is 17.6 Å². The summed E-state index contributed by atoms with van der Waals surface area (Å²) in [5.41, 5.74) is 7.46. The molecule has 0 heterocycles. The SMILES string of the molecule is CC(N)c1cccc(NC(=O)NCCNC(=O)C2CC2)c1. The van der Waals surface area contributed by atoms with E-state index < -0.39 is 0 Å². The number of urea groups is 1. The van der Waals surface area contributed by atoms with Gasteiger partial charge in [0.15, 0.2) is 0 Å². The highest BCUT2D eigenvalue weighted by atomic mass is 16.2. The molecule has 0 aliphatic heterocycles. The van der Waals surface area contributed by atoms with E-state index in [9.17, 15) is 9.59 Å². The van der Waals surface area contributed by atoms with E-state index in [-0.39, 0.29) is 23.9 Å². The Labute approximate surface area is 124 Å². The van der Waals surface area contributed by atoms with Crippen molar-refractivity contribution in [2.75, 3.05) is 18.4 Å². The molecule has 1 unspecified atom stereocenters. The Morgan fingerprint density at radius 1 is 1.29 bits per heavy atom. The van der Waals surface area contributed by atoms with Crippen LogP contribution in [0, 0.1) is 5.92 Å². The summed E-state index contributed by atoms with van der Waals surface area (Å²) in [6.45, 7) is 2.74. The summed E-state index contributed by atoms with van der Waals surface area (Å²) in [5.74, 6) is 0.279. The highest BCUT2D eigenvalue weighted by Crippen LogP contribution is 2.28. The summed E-state index contributed by atoms with van der Waals surface area (Å²) in [6, 6.07) is 7.05. The van der Waals surface area contributed by atoms with Crippen molar-refractivity contribution in [1.82, 2.24) is 10.6 Å². The predicted octanol–water partition coefficient (Wildman–Crippen LogP) is 1.35. The number of nitrogens with one attached hydrogen (secondary N) is 3. The van der Waals surface area contributed by atoms with Crippen LogP contribution in [-0.4, -0.2) is 25.0 Å². The first-order chi connectivity index (χ1) is 10.1. The lowest BCUT2D eigenvalue weighted by Gasteiger charge is -2.11. The normalized spacial score (nSPS) is 15.1. The van der Waals surface area contributed by atoms with Crippen molar-refractivity contribution in [2.45, 2.75) is 25.8 Å². The monoisotopic (exact) mass is 290 g/mol. The van der Waals surface area contributed by atoms with Crippen LogP contribution >= 0.6 is 0 Å². The Kier molecular flexibility index (Phi) is 5.16. The first kappa shape index (κ1) is 15.3. The molecule has 0 saturated heterocycles. The van der Waals surface area contributed by atoms with Crippen molar-refractivity contribution in [3.8, 4) is 0 Å². The zero-order chi connectivity index (χ0) is 15.2. The number of amides is 3. The fourth-order valence-corrected chi connectivity index (χ4v) is 1.93. The molecule has 114 valence electrons. The Morgan fingerprint density at radius 3 is 2.67 bits per heavy atom. The van der Waals surface area contributed by atoms with Gasteiger partial charge in [-0.2, -0.15) is 0 Å². The molecule has 0 aromatic heterocycles. The highest BCUT2D eigenvalue weighted by molar-refractivity contribution is 5.89. The van der Waals surface area contributed by atoms with Gasteiger partial charge in [0.2, 0.25) is 5.91 Å². The summed E-state index contributed by atoms with van der Waals surface area (Å²) < 4.78 is 0. The quantitative estimate of drug-likeness (QED) is 0.595. The van der Waals surface area contributed by atoms with Crippen LogP contribution in [0.5, 0.6) is 0 Å². The van der Waals surface area contributed by atoms with Crippen LogP contribution in [0.4, 0.5) is 10.5 Å². The molecule has 3 amide bonds. The number of carbonyl (C=O) groups is 2. The molecule has 1 aromatic rings. The van der Waals surface area contributed by atoms with E-state index in [0.29, 0.717) is 18.8 Å². The van der Waals surface area contributed by atoms with Crippen LogP contribution in [-0.2, 0) is 4.79 Å². The fraction of sp³-hybridized carbons (Fsp3) is 0.467. The van der Waals surface area contributed by atoms with Gasteiger partial charge in [-0.1, -0.05) is 12.1 Å². The highest BCUT2D eigenvalue weighted by Gasteiger charge is 2.28. The first-order valence-corrected chi connectivity index (χ1v) is 7.24. The van der Waals surface area contributed by atoms with Gasteiger partial charge in [0.05, 0.1) is 0 Å². The summed E-state index contributed by atoms with van der Waals surface area (Å²) in [5, 5.41) is 8.23. The molecule has 0 spiro atoms. The molecule has 1 aliphatic rings. The maximum absolute atomic E-state index is 11.7. The molecule has 2 rings (SSSR count). The fourth-order valence-electron chi connectivity index (χ4n) is 1.93. The van der Waals surface area contributed by atoms with Crippen LogP contribution in [0.25, 0.3) is 0 Å². The van der Waals surface area contributed by atoms with E-state index in [0.717, 1.165) is 18.4 Å². The van der Waals surface area contributed by atoms with Gasteiger partial charge < -0.3 is 21.7 Å². The Morgan fingerprint density at radius 2 is 2.00 bits per heavy atom. The Bertz CT molecular complexity index is 512. The van der Waals surface area contributed by atoms with E-state index in [1.807, 2.05) is 25.1 Å². The lowest BCUT2D eigenvalue weighted by atomic mass is 10.1. The lowest BCUT2D eigenvalue weighted by Crippen LogP contribution is -2.37. The van der Waals surface area contributed by atoms with Crippen LogP contribution in [0.1, 0.15) is 31.4 Å². The van der Waals surface area contributed by atoms with Gasteiger partial charge in [-0.15, -0.1) is 0 Å². The van der Waals surface area contributed by atoms with Gasteiger partial charge in [-0.25, -0.2) is 4.79 Å². The summed E-state index contributed by atoms with van der Waals surface area (Å²) in [6.07, 6.45) is 1.96. The van der Waals surface area contributed by atoms with Crippen LogP contribution < -0.4 is 21.7 Å². The average molecular weight is 290 g/mol. The zero-order valence-electron chi connectivity index (χ0n) is 12.2. The Hall–Kier alpha value is -2.08. The molecular formula is C15H22N4O2. The average Bonchev–Trinajstić information content (AvgIpc) is 3.28. The van der Waals surface area contributed by atoms with Crippen LogP contribution in [0.15, 0.2) is 24.3 Å². The van der Waals surface area contributed by atoms with Crippen molar-refractivity contribution in [2.24, 2.45) is 11.7 Å². The zero-order valence-corrected chi connectivity index (χ0v) is 12.2. The molecule has 1 saturated carbocycles. The van der Waals surface area contributed by atoms with Gasteiger partial charge in [0.25, 0.3) is 0 Å². The van der Waals surface area contributed by atoms with Crippen LogP contribution in [0.2, 0.25) is 0 Å². The van der Waals surface area contributed by atoms with Crippen molar-refractivity contribution < 1.29 is 9.59 Å². The molecular weight excluding hydrogens is 268 g/mol. The van der Waals surface area contributed by atoms with E-state index in [1.54, 1.807) is 6.07 Å². The second-order valence-corrected chi connectivity index (χ2v) is 5.36. The van der Waals surface area contributed by atoms with Gasteiger partial charge in [-0.3, -0.25) is 4.79 Å². The third-order valence-corrected chi connectivity index (χ3v) is 3.33.